The van der Waals surface area contributed by atoms with Gasteiger partial charge < -0.3 is 15.4 Å². The van der Waals surface area contributed by atoms with Crippen molar-refractivity contribution in [3.05, 3.63) is 79.4 Å². The van der Waals surface area contributed by atoms with E-state index in [1.807, 2.05) is 25.1 Å². The number of carboxylic acids is 1. The summed E-state index contributed by atoms with van der Waals surface area (Å²) in [6, 6.07) is 10.6. The Balaban J connectivity index is 0.00000280. The zero-order valence-electron chi connectivity index (χ0n) is 14.2. The first kappa shape index (κ1) is 20.6. The number of aryl methyl sites for hydroxylation is 1. The lowest BCUT2D eigenvalue weighted by molar-refractivity contribution is 0.0702. The fourth-order valence-electron chi connectivity index (χ4n) is 2.64. The first-order valence-electron chi connectivity index (χ1n) is 7.82. The summed E-state index contributed by atoms with van der Waals surface area (Å²) in [5.74, 6) is -1.07. The molecule has 0 saturated heterocycles. The average molecular weight is 394 g/mol. The molecule has 0 bridgehead atoms. The smallest absolute Gasteiger partial charge is 0.345 e. The highest BCUT2D eigenvalue weighted by Gasteiger charge is 2.20. The molecular formula is C20H18N4O3S. The van der Waals surface area contributed by atoms with Crippen molar-refractivity contribution < 1.29 is 9.90 Å². The van der Waals surface area contributed by atoms with Crippen molar-refractivity contribution in [3.63, 3.8) is 0 Å². The second-order valence-corrected chi connectivity index (χ2v) is 6.62. The number of aromatic nitrogens is 1. The van der Waals surface area contributed by atoms with Gasteiger partial charge in [-0.2, -0.15) is 5.26 Å². The fourth-order valence-corrected chi connectivity index (χ4v) is 3.32. The molecule has 0 radical (unpaired) electrons. The maximum Gasteiger partial charge on any atom is 0.345 e. The first-order valence-corrected chi connectivity index (χ1v) is 8.70. The van der Waals surface area contributed by atoms with E-state index in [0.717, 1.165) is 16.9 Å². The number of nitrogens with zero attached hydrogens (tertiary/aromatic N) is 1. The molecule has 2 heterocycles. The van der Waals surface area contributed by atoms with Crippen LogP contribution in [0.15, 0.2) is 46.7 Å². The number of aromatic amines is 1. The Morgan fingerprint density at radius 2 is 2.07 bits per heavy atom. The largest absolute Gasteiger partial charge is 0.477 e. The molecule has 0 aliphatic rings. The van der Waals surface area contributed by atoms with Gasteiger partial charge in [-0.25, -0.2) is 4.79 Å². The van der Waals surface area contributed by atoms with Gasteiger partial charge in [-0.15, -0.1) is 11.3 Å². The molecule has 4 N–H and O–H groups in total. The molecular weight excluding hydrogens is 376 g/mol. The maximum atomic E-state index is 12.4. The number of carbonyl (C=O) groups is 1. The fraction of sp³-hybridized carbons (Fsp3) is 0.100. The Bertz CT molecular complexity index is 1150. The number of pyridine rings is 1. The molecule has 8 heteroatoms. The van der Waals surface area contributed by atoms with Crippen LogP contribution in [0, 0.1) is 23.7 Å². The second kappa shape index (κ2) is 8.33. The number of benzene rings is 1. The van der Waals surface area contributed by atoms with Gasteiger partial charge in [-0.3, -0.25) is 10.2 Å². The number of H-pyrrole nitrogens is 1. The van der Waals surface area contributed by atoms with E-state index < -0.39 is 11.5 Å². The van der Waals surface area contributed by atoms with Crippen molar-refractivity contribution in [1.82, 2.24) is 4.98 Å². The summed E-state index contributed by atoms with van der Waals surface area (Å²) in [5.41, 5.74) is 1.68. The molecule has 2 aromatic heterocycles. The Kier molecular flexibility index (Phi) is 6.13. The summed E-state index contributed by atoms with van der Waals surface area (Å²) < 4.78 is 0. The molecule has 0 saturated carbocycles. The summed E-state index contributed by atoms with van der Waals surface area (Å²) in [4.78, 5) is 26.1. The van der Waals surface area contributed by atoms with Gasteiger partial charge in [-0.05, 0) is 18.6 Å². The van der Waals surface area contributed by atoms with E-state index in [-0.39, 0.29) is 34.8 Å². The summed E-state index contributed by atoms with van der Waals surface area (Å²) in [5, 5.41) is 31.6. The number of hydrogen-bond acceptors (Lipinski definition) is 6. The second-order valence-electron chi connectivity index (χ2n) is 5.71. The molecule has 0 aliphatic heterocycles. The van der Waals surface area contributed by atoms with Crippen LogP contribution in [-0.2, 0) is 0 Å². The molecule has 3 rings (SSSR count). The minimum absolute atomic E-state index is 0. The number of anilines is 2. The van der Waals surface area contributed by atoms with E-state index in [1.165, 1.54) is 12.3 Å². The number of nitrogens with one attached hydrogen (secondary N) is 3. The van der Waals surface area contributed by atoms with Crippen LogP contribution in [0.3, 0.4) is 0 Å². The van der Waals surface area contributed by atoms with E-state index in [0.29, 0.717) is 11.3 Å². The Labute approximate surface area is 165 Å². The van der Waals surface area contributed by atoms with E-state index in [1.54, 1.807) is 17.5 Å². The average Bonchev–Trinajstić information content (AvgIpc) is 3.12. The van der Waals surface area contributed by atoms with Gasteiger partial charge in [0.1, 0.15) is 16.6 Å². The molecule has 7 nitrogen and oxygen atoms in total. The van der Waals surface area contributed by atoms with Crippen molar-refractivity contribution >= 4 is 34.4 Å². The lowest BCUT2D eigenvalue weighted by atomic mass is 9.95. The number of carboxylic acid groups (broad SMARTS) is 1. The molecule has 0 amide bonds. The lowest BCUT2D eigenvalue weighted by Crippen LogP contribution is -2.19. The van der Waals surface area contributed by atoms with E-state index in [4.69, 9.17) is 10.5 Å². The van der Waals surface area contributed by atoms with Crippen LogP contribution in [-0.4, -0.2) is 21.8 Å². The molecule has 0 aliphatic carbocycles. The van der Waals surface area contributed by atoms with E-state index in [9.17, 15) is 14.9 Å². The number of thiophene rings is 1. The molecule has 28 heavy (non-hydrogen) atoms. The number of aromatic carboxylic acids is 1. The molecule has 0 atom stereocenters. The standard InChI is InChI=1S/C19H14N4O3S.CH4/c1-10-4-2-3-5-13(10)16(21)15-11(7-20)8-22-18(24)17(15)23-12-6-14(19(25)26)27-9-12;/h2-6,8-9,21,23H,1H3,(H,22,24)(H,25,26);1H4. The summed E-state index contributed by atoms with van der Waals surface area (Å²) >= 11 is 1.01. The predicted molar refractivity (Wildman–Crippen MR) is 110 cm³/mol. The van der Waals surface area contributed by atoms with Gasteiger partial charge in [-0.1, -0.05) is 31.7 Å². The van der Waals surface area contributed by atoms with Crippen LogP contribution in [0.5, 0.6) is 0 Å². The third kappa shape index (κ3) is 3.84. The van der Waals surface area contributed by atoms with Gasteiger partial charge in [0.05, 0.1) is 17.0 Å². The van der Waals surface area contributed by atoms with Crippen molar-refractivity contribution in [2.45, 2.75) is 14.4 Å². The molecule has 1 aromatic carbocycles. The maximum absolute atomic E-state index is 12.4. The Hall–Kier alpha value is -3.70. The van der Waals surface area contributed by atoms with Gasteiger partial charge in [0, 0.05) is 22.7 Å². The van der Waals surface area contributed by atoms with Crippen molar-refractivity contribution in [3.8, 4) is 6.07 Å². The highest BCUT2D eigenvalue weighted by molar-refractivity contribution is 7.12. The number of hydrogen-bond donors (Lipinski definition) is 4. The lowest BCUT2D eigenvalue weighted by Gasteiger charge is -2.14. The normalized spacial score (nSPS) is 9.86. The third-order valence-corrected chi connectivity index (χ3v) is 4.88. The van der Waals surface area contributed by atoms with Crippen molar-refractivity contribution in [2.75, 3.05) is 5.32 Å². The van der Waals surface area contributed by atoms with Crippen LogP contribution >= 0.6 is 11.3 Å². The Morgan fingerprint density at radius 3 is 2.68 bits per heavy atom. The van der Waals surface area contributed by atoms with Crippen molar-refractivity contribution in [2.24, 2.45) is 0 Å². The van der Waals surface area contributed by atoms with Crippen LogP contribution in [0.2, 0.25) is 0 Å². The number of rotatable bonds is 5. The SMILES string of the molecule is C.Cc1ccccc1C(=N)c1c(C#N)c[nH]c(=O)c1Nc1csc(C(=O)O)c1. The first-order chi connectivity index (χ1) is 12.9. The van der Waals surface area contributed by atoms with E-state index in [2.05, 4.69) is 10.3 Å². The molecule has 0 unspecified atom stereocenters. The highest BCUT2D eigenvalue weighted by atomic mass is 32.1. The zero-order chi connectivity index (χ0) is 19.6. The quantitative estimate of drug-likeness (QED) is 0.484. The predicted octanol–water partition coefficient (Wildman–Crippen LogP) is 4.11. The monoisotopic (exact) mass is 394 g/mol. The van der Waals surface area contributed by atoms with Crippen LogP contribution in [0.25, 0.3) is 0 Å². The van der Waals surface area contributed by atoms with Crippen LogP contribution in [0.4, 0.5) is 11.4 Å². The minimum Gasteiger partial charge on any atom is -0.477 e. The topological polar surface area (TPSA) is 130 Å². The summed E-state index contributed by atoms with van der Waals surface area (Å²) in [6.45, 7) is 1.84. The van der Waals surface area contributed by atoms with Gasteiger partial charge >= 0.3 is 5.97 Å². The van der Waals surface area contributed by atoms with Gasteiger partial charge in [0.15, 0.2) is 0 Å². The van der Waals surface area contributed by atoms with Gasteiger partial charge in [0.2, 0.25) is 0 Å². The minimum atomic E-state index is -1.07. The van der Waals surface area contributed by atoms with Gasteiger partial charge in [0.25, 0.3) is 5.56 Å². The third-order valence-electron chi connectivity index (χ3n) is 3.96. The van der Waals surface area contributed by atoms with Crippen molar-refractivity contribution in [1.29, 1.82) is 10.7 Å². The zero-order valence-corrected chi connectivity index (χ0v) is 15.0. The molecule has 3 aromatic rings. The van der Waals surface area contributed by atoms with E-state index >= 15 is 0 Å². The number of nitriles is 1. The summed E-state index contributed by atoms with van der Waals surface area (Å²) in [6.07, 6.45) is 1.27. The molecule has 142 valence electrons. The van der Waals surface area contributed by atoms with Crippen LogP contribution in [0.1, 0.15) is 39.4 Å². The van der Waals surface area contributed by atoms with Crippen LogP contribution < -0.4 is 10.9 Å². The molecule has 0 spiro atoms. The molecule has 0 fully saturated rings. The highest BCUT2D eigenvalue weighted by Crippen LogP contribution is 2.27. The Morgan fingerprint density at radius 1 is 1.36 bits per heavy atom. The summed E-state index contributed by atoms with van der Waals surface area (Å²) in [7, 11) is 0.